The van der Waals surface area contributed by atoms with Gasteiger partial charge in [0.15, 0.2) is 0 Å². The van der Waals surface area contributed by atoms with Gasteiger partial charge < -0.3 is 15.8 Å². The van der Waals surface area contributed by atoms with Crippen LogP contribution in [-0.4, -0.2) is 57.8 Å². The van der Waals surface area contributed by atoms with Gasteiger partial charge in [0, 0.05) is 13.7 Å². The van der Waals surface area contributed by atoms with Crippen LogP contribution in [0.1, 0.15) is 33.1 Å². The minimum Gasteiger partial charge on any atom is -0.383 e. The lowest BCUT2D eigenvalue weighted by Crippen LogP contribution is -2.37. The Hall–Kier alpha value is -0.650. The van der Waals surface area contributed by atoms with Crippen molar-refractivity contribution in [2.45, 2.75) is 33.1 Å². The number of hydrogen-bond acceptors (Lipinski definition) is 4. The van der Waals surface area contributed by atoms with Gasteiger partial charge in [-0.1, -0.05) is 20.3 Å². The summed E-state index contributed by atoms with van der Waals surface area (Å²) >= 11 is 0. The Bertz CT molecular complexity index is 245. The van der Waals surface area contributed by atoms with Crippen molar-refractivity contribution in [2.24, 2.45) is 11.1 Å². The molecule has 0 aliphatic carbocycles. The van der Waals surface area contributed by atoms with Crippen molar-refractivity contribution in [1.29, 1.82) is 0 Å². The number of nitrogens with two attached hydrogens (primary N) is 1. The summed E-state index contributed by atoms with van der Waals surface area (Å²) in [6.45, 7) is 7.64. The second kappa shape index (κ2) is 10.2. The molecule has 0 radical (unpaired) electrons. The highest BCUT2D eigenvalue weighted by Gasteiger charge is 2.14. The summed E-state index contributed by atoms with van der Waals surface area (Å²) in [6.07, 6.45) is 3.39. The molecule has 0 saturated carbocycles. The summed E-state index contributed by atoms with van der Waals surface area (Å²) in [5.41, 5.74) is 5.93. The van der Waals surface area contributed by atoms with Crippen molar-refractivity contribution in [3.8, 4) is 0 Å². The maximum atomic E-state index is 11.5. The molecule has 0 bridgehead atoms. The van der Waals surface area contributed by atoms with Crippen LogP contribution in [0.25, 0.3) is 0 Å². The zero-order valence-electron chi connectivity index (χ0n) is 13.0. The third kappa shape index (κ3) is 10.9. The quantitative estimate of drug-likeness (QED) is 0.547. The first-order valence-corrected chi connectivity index (χ1v) is 7.05. The maximum absolute atomic E-state index is 11.5. The number of unbranched alkanes of at least 4 members (excludes halogenated alkanes) is 1. The zero-order chi connectivity index (χ0) is 14.7. The van der Waals surface area contributed by atoms with Crippen LogP contribution in [0, 0.1) is 5.41 Å². The second-order valence-electron chi connectivity index (χ2n) is 5.91. The van der Waals surface area contributed by atoms with Crippen LogP contribution < -0.4 is 11.1 Å². The van der Waals surface area contributed by atoms with Crippen LogP contribution in [0.3, 0.4) is 0 Å². The van der Waals surface area contributed by atoms with Crippen molar-refractivity contribution in [2.75, 3.05) is 46.9 Å². The molecule has 5 nitrogen and oxygen atoms in total. The van der Waals surface area contributed by atoms with Crippen molar-refractivity contribution >= 4 is 5.91 Å². The molecule has 0 aromatic rings. The Morgan fingerprint density at radius 2 is 2.05 bits per heavy atom. The normalized spacial score (nSPS) is 11.9. The molecule has 0 rings (SSSR count). The number of carbonyl (C=O) groups excluding carboxylic acids is 1. The fourth-order valence-electron chi connectivity index (χ4n) is 1.76. The molecule has 0 spiro atoms. The highest BCUT2D eigenvalue weighted by Crippen LogP contribution is 2.21. The largest absolute Gasteiger partial charge is 0.383 e. The number of likely N-dealkylation sites (N-methyl/N-ethyl adjacent to an activating group) is 1. The molecule has 0 aromatic carbocycles. The molecule has 5 heteroatoms. The number of hydrogen-bond donors (Lipinski definition) is 2. The lowest BCUT2D eigenvalue weighted by molar-refractivity contribution is -0.122. The van der Waals surface area contributed by atoms with Crippen LogP contribution in [-0.2, 0) is 9.53 Å². The molecule has 0 aromatic heterocycles. The van der Waals surface area contributed by atoms with Gasteiger partial charge in [-0.25, -0.2) is 0 Å². The first-order chi connectivity index (χ1) is 8.91. The van der Waals surface area contributed by atoms with Gasteiger partial charge in [0.05, 0.1) is 13.2 Å². The Kier molecular flexibility index (Phi) is 9.83. The number of rotatable bonds is 11. The van der Waals surface area contributed by atoms with E-state index in [4.69, 9.17) is 10.5 Å². The van der Waals surface area contributed by atoms with Crippen molar-refractivity contribution in [3.63, 3.8) is 0 Å². The topological polar surface area (TPSA) is 67.6 Å². The third-order valence-electron chi connectivity index (χ3n) is 3.24. The van der Waals surface area contributed by atoms with E-state index in [9.17, 15) is 4.79 Å². The molecule has 19 heavy (non-hydrogen) atoms. The van der Waals surface area contributed by atoms with E-state index in [2.05, 4.69) is 24.1 Å². The fourth-order valence-corrected chi connectivity index (χ4v) is 1.76. The van der Waals surface area contributed by atoms with Gasteiger partial charge in [-0.3, -0.25) is 9.69 Å². The fraction of sp³-hybridized carbons (Fsp3) is 0.929. The number of ether oxygens (including phenoxy) is 1. The third-order valence-corrected chi connectivity index (χ3v) is 3.24. The Morgan fingerprint density at radius 3 is 2.63 bits per heavy atom. The minimum absolute atomic E-state index is 0.0573. The molecule has 0 atom stereocenters. The Labute approximate surface area is 117 Å². The van der Waals surface area contributed by atoms with Crippen LogP contribution in [0.4, 0.5) is 0 Å². The number of methoxy groups -OCH3 is 1. The number of nitrogens with one attached hydrogen (secondary N) is 1. The predicted molar refractivity (Wildman–Crippen MR) is 79.1 cm³/mol. The Balaban J connectivity index is 3.58. The van der Waals surface area contributed by atoms with Crippen molar-refractivity contribution in [1.82, 2.24) is 10.2 Å². The van der Waals surface area contributed by atoms with E-state index in [1.807, 2.05) is 7.05 Å². The maximum Gasteiger partial charge on any atom is 0.234 e. The van der Waals surface area contributed by atoms with E-state index in [0.29, 0.717) is 19.7 Å². The van der Waals surface area contributed by atoms with Crippen molar-refractivity contribution in [3.05, 3.63) is 0 Å². The average Bonchev–Trinajstić information content (AvgIpc) is 2.35. The molecule has 0 heterocycles. The molecule has 0 saturated heterocycles. The Morgan fingerprint density at radius 1 is 1.37 bits per heavy atom. The molecule has 3 N–H and O–H groups in total. The van der Waals surface area contributed by atoms with Crippen molar-refractivity contribution < 1.29 is 9.53 Å². The molecule has 0 aliphatic rings. The number of nitrogens with zero attached hydrogens (tertiary/aromatic N) is 1. The lowest BCUT2D eigenvalue weighted by atomic mass is 9.87. The van der Waals surface area contributed by atoms with Gasteiger partial charge in [-0.2, -0.15) is 0 Å². The summed E-state index contributed by atoms with van der Waals surface area (Å²) in [4.78, 5) is 13.6. The monoisotopic (exact) mass is 273 g/mol. The number of carbonyl (C=O) groups is 1. The van der Waals surface area contributed by atoms with Crippen LogP contribution in [0.5, 0.6) is 0 Å². The SMILES string of the molecule is COCCNC(=O)CN(C)CCCCC(C)(C)CN. The molecule has 1 amide bonds. The van der Waals surface area contributed by atoms with Crippen LogP contribution >= 0.6 is 0 Å². The summed E-state index contributed by atoms with van der Waals surface area (Å²) in [6, 6.07) is 0. The highest BCUT2D eigenvalue weighted by atomic mass is 16.5. The van der Waals surface area contributed by atoms with Gasteiger partial charge >= 0.3 is 0 Å². The standard InChI is InChI=1S/C14H31N3O2/c1-14(2,12-15)7-5-6-9-17(3)11-13(18)16-8-10-19-4/h5-12,15H2,1-4H3,(H,16,18). The van der Waals surface area contributed by atoms with E-state index in [-0.39, 0.29) is 11.3 Å². The molecular weight excluding hydrogens is 242 g/mol. The lowest BCUT2D eigenvalue weighted by Gasteiger charge is -2.23. The first kappa shape index (κ1) is 18.4. The van der Waals surface area contributed by atoms with E-state index in [1.165, 1.54) is 0 Å². The summed E-state index contributed by atoms with van der Waals surface area (Å²) in [5.74, 6) is 0.0573. The smallest absolute Gasteiger partial charge is 0.234 e. The van der Waals surface area contributed by atoms with Gasteiger partial charge in [0.25, 0.3) is 0 Å². The minimum atomic E-state index is 0.0573. The average molecular weight is 273 g/mol. The van der Waals surface area contributed by atoms with Crippen LogP contribution in [0.2, 0.25) is 0 Å². The molecular formula is C14H31N3O2. The molecule has 114 valence electrons. The zero-order valence-corrected chi connectivity index (χ0v) is 13.0. The second-order valence-corrected chi connectivity index (χ2v) is 5.91. The van der Waals surface area contributed by atoms with Gasteiger partial charge in [0.1, 0.15) is 0 Å². The summed E-state index contributed by atoms with van der Waals surface area (Å²) in [5, 5.41) is 2.82. The van der Waals surface area contributed by atoms with E-state index < -0.39 is 0 Å². The first-order valence-electron chi connectivity index (χ1n) is 7.05. The summed E-state index contributed by atoms with van der Waals surface area (Å²) in [7, 11) is 3.60. The van der Waals surface area contributed by atoms with E-state index in [0.717, 1.165) is 32.4 Å². The van der Waals surface area contributed by atoms with Gasteiger partial charge in [0.2, 0.25) is 5.91 Å². The van der Waals surface area contributed by atoms with Gasteiger partial charge in [-0.05, 0) is 38.4 Å². The highest BCUT2D eigenvalue weighted by molar-refractivity contribution is 5.77. The molecule has 0 unspecified atom stereocenters. The molecule has 0 fully saturated rings. The predicted octanol–water partition coefficient (Wildman–Crippen LogP) is 0.836. The molecule has 0 aliphatic heterocycles. The summed E-state index contributed by atoms with van der Waals surface area (Å²) < 4.78 is 4.88. The van der Waals surface area contributed by atoms with Crippen LogP contribution in [0.15, 0.2) is 0 Å². The van der Waals surface area contributed by atoms with E-state index >= 15 is 0 Å². The van der Waals surface area contributed by atoms with Gasteiger partial charge in [-0.15, -0.1) is 0 Å². The van der Waals surface area contributed by atoms with E-state index in [1.54, 1.807) is 7.11 Å². The number of amides is 1.